The van der Waals surface area contributed by atoms with Crippen LogP contribution < -0.4 is 5.73 Å². The van der Waals surface area contributed by atoms with E-state index in [2.05, 4.69) is 10.1 Å². The smallest absolute Gasteiger partial charge is 0.398 e. The number of hydrogen-bond donors (Lipinski definition) is 1. The molecule has 1 aromatic heterocycles. The number of anilines is 1. The molecule has 2 heterocycles. The summed E-state index contributed by atoms with van der Waals surface area (Å²) >= 11 is 0. The molecule has 1 aliphatic heterocycles. The fourth-order valence-electron chi connectivity index (χ4n) is 4.05. The second kappa shape index (κ2) is 7.75. The molecule has 3 aromatic rings. The minimum atomic E-state index is -4.42. The second-order valence-electron chi connectivity index (χ2n) is 7.94. The number of aromatic nitrogens is 1. The molecular weight excluding hydrogens is 423 g/mol. The molecule has 0 aliphatic carbocycles. The van der Waals surface area contributed by atoms with Crippen molar-refractivity contribution in [1.82, 2.24) is 5.16 Å². The van der Waals surface area contributed by atoms with Crippen LogP contribution in [0, 0.1) is 6.92 Å². The Balaban J connectivity index is 1.71. The first-order valence-corrected chi connectivity index (χ1v) is 11.8. The average Bonchev–Trinajstić information content (AvgIpc) is 3.31. The highest BCUT2D eigenvalue weighted by atomic mass is 32.3. The summed E-state index contributed by atoms with van der Waals surface area (Å²) in [4.78, 5) is 5.59. The molecule has 2 N–H and O–H groups in total. The number of nitrogens with two attached hydrogens (primary N) is 1. The lowest BCUT2D eigenvalue weighted by atomic mass is 10.1. The lowest BCUT2D eigenvalue weighted by Gasteiger charge is -2.41. The van der Waals surface area contributed by atoms with Crippen LogP contribution in [0.3, 0.4) is 0 Å². The van der Waals surface area contributed by atoms with E-state index >= 15 is 0 Å². The van der Waals surface area contributed by atoms with E-state index in [1.165, 1.54) is 6.07 Å². The molecule has 0 radical (unpaired) electrons. The molecule has 0 fully saturated rings. The lowest BCUT2D eigenvalue weighted by Crippen LogP contribution is -2.19. The van der Waals surface area contributed by atoms with Crippen LogP contribution in [0.5, 0.6) is 0 Å². The summed E-state index contributed by atoms with van der Waals surface area (Å²) in [6.45, 7) is 5.84. The van der Waals surface area contributed by atoms with Crippen molar-refractivity contribution in [3.05, 3.63) is 64.3 Å². The third-order valence-corrected chi connectivity index (χ3v) is 9.92. The van der Waals surface area contributed by atoms with Crippen molar-refractivity contribution in [2.24, 2.45) is 4.99 Å². The molecular formula is C23H24F3N3OS. The average molecular weight is 448 g/mol. The first-order chi connectivity index (χ1) is 14.6. The van der Waals surface area contributed by atoms with Gasteiger partial charge in [0.25, 0.3) is 0 Å². The van der Waals surface area contributed by atoms with Crippen molar-refractivity contribution in [2.45, 2.75) is 49.9 Å². The fraction of sp³-hybridized carbons (Fsp3) is 0.304. The lowest BCUT2D eigenvalue weighted by molar-refractivity contribution is -0.139. The van der Waals surface area contributed by atoms with Gasteiger partial charge in [0, 0.05) is 28.2 Å². The van der Waals surface area contributed by atoms with Gasteiger partial charge in [0.2, 0.25) is 0 Å². The van der Waals surface area contributed by atoms with Gasteiger partial charge in [-0.05, 0) is 53.7 Å². The number of rotatable bonds is 5. The van der Waals surface area contributed by atoms with Gasteiger partial charge in [-0.25, -0.2) is 0 Å². The molecule has 0 amide bonds. The Kier molecular flexibility index (Phi) is 5.37. The van der Waals surface area contributed by atoms with Gasteiger partial charge >= 0.3 is 6.18 Å². The van der Waals surface area contributed by atoms with Gasteiger partial charge in [0.1, 0.15) is 0 Å². The van der Waals surface area contributed by atoms with Gasteiger partial charge in [-0.15, -0.1) is 10.0 Å². The monoisotopic (exact) mass is 447 g/mol. The van der Waals surface area contributed by atoms with Crippen LogP contribution in [0.1, 0.15) is 37.1 Å². The summed E-state index contributed by atoms with van der Waals surface area (Å²) in [5.41, 5.74) is 10.0. The van der Waals surface area contributed by atoms with E-state index in [0.29, 0.717) is 29.0 Å². The molecule has 4 nitrogen and oxygen atoms in total. The highest BCUT2D eigenvalue weighted by molar-refractivity contribution is 8.47. The molecule has 4 rings (SSSR count). The zero-order valence-electron chi connectivity index (χ0n) is 17.5. The molecule has 2 aromatic carbocycles. The number of halogens is 3. The van der Waals surface area contributed by atoms with Crippen LogP contribution >= 0.6 is 10.0 Å². The van der Waals surface area contributed by atoms with E-state index < -0.39 is 21.8 Å². The van der Waals surface area contributed by atoms with Crippen LogP contribution in [0.2, 0.25) is 0 Å². The third-order valence-electron chi connectivity index (χ3n) is 5.72. The van der Waals surface area contributed by atoms with E-state index in [4.69, 9.17) is 10.3 Å². The van der Waals surface area contributed by atoms with Crippen molar-refractivity contribution >= 4 is 32.2 Å². The molecule has 164 valence electrons. The normalized spacial score (nSPS) is 20.9. The molecule has 0 bridgehead atoms. The summed E-state index contributed by atoms with van der Waals surface area (Å²) in [5, 5.41) is 5.04. The minimum Gasteiger partial charge on any atom is -0.398 e. The predicted octanol–water partition coefficient (Wildman–Crippen LogP) is 6.83. The summed E-state index contributed by atoms with van der Waals surface area (Å²) in [5.74, 6) is 0. The third kappa shape index (κ3) is 3.63. The summed E-state index contributed by atoms with van der Waals surface area (Å²) < 4.78 is 46.9. The van der Waals surface area contributed by atoms with Gasteiger partial charge in [0.15, 0.2) is 5.58 Å². The molecule has 1 atom stereocenters. The number of alkyl halides is 3. The number of nitrogen functional groups attached to an aromatic ring is 1. The Bertz CT molecular complexity index is 1200. The van der Waals surface area contributed by atoms with Crippen molar-refractivity contribution in [1.29, 1.82) is 0 Å². The molecule has 0 saturated heterocycles. The summed E-state index contributed by atoms with van der Waals surface area (Å²) in [7, 11) is -2.06. The van der Waals surface area contributed by atoms with Crippen LogP contribution in [0.4, 0.5) is 18.9 Å². The Hall–Kier alpha value is -2.74. The number of hydrogen-bond acceptors (Lipinski definition) is 4. The Labute approximate surface area is 180 Å². The molecule has 31 heavy (non-hydrogen) atoms. The van der Waals surface area contributed by atoms with E-state index in [1.807, 2.05) is 26.8 Å². The molecule has 8 heteroatoms. The number of aryl methyl sites for hydroxylation is 2. The Morgan fingerprint density at radius 2 is 1.87 bits per heavy atom. The molecule has 1 unspecified atom stereocenters. The van der Waals surface area contributed by atoms with Crippen molar-refractivity contribution in [3.63, 3.8) is 0 Å². The van der Waals surface area contributed by atoms with Gasteiger partial charge in [0.05, 0.1) is 16.8 Å². The maximum absolute atomic E-state index is 13.8. The second-order valence-corrected chi connectivity index (χ2v) is 11.5. The highest BCUT2D eigenvalue weighted by Gasteiger charge is 2.42. The molecule has 0 saturated carbocycles. The SMILES string of the molecule is Cc1cc2c(CCC3=CN=CS3(c3ccccc3C(F)(F)F)C(C)C)noc2cc1N. The zero-order valence-corrected chi connectivity index (χ0v) is 18.3. The minimum absolute atomic E-state index is 0.0374. The van der Waals surface area contributed by atoms with Crippen LogP contribution in [0.25, 0.3) is 11.0 Å². The van der Waals surface area contributed by atoms with E-state index in [-0.39, 0.29) is 5.25 Å². The summed E-state index contributed by atoms with van der Waals surface area (Å²) in [6, 6.07) is 9.56. The van der Waals surface area contributed by atoms with E-state index in [9.17, 15) is 13.2 Å². The fourth-order valence-corrected chi connectivity index (χ4v) is 7.72. The summed E-state index contributed by atoms with van der Waals surface area (Å²) in [6.07, 6.45) is -1.60. The predicted molar refractivity (Wildman–Crippen MR) is 120 cm³/mol. The first-order valence-electron chi connectivity index (χ1n) is 9.99. The van der Waals surface area contributed by atoms with Crippen LogP contribution in [0.15, 0.2) is 61.9 Å². The largest absolute Gasteiger partial charge is 0.417 e. The zero-order chi connectivity index (χ0) is 22.4. The number of fused-ring (bicyclic) bond motifs is 1. The number of allylic oxidation sites excluding steroid dienone is 1. The van der Waals surface area contributed by atoms with Crippen molar-refractivity contribution in [2.75, 3.05) is 5.73 Å². The maximum Gasteiger partial charge on any atom is 0.417 e. The van der Waals surface area contributed by atoms with Crippen molar-refractivity contribution in [3.8, 4) is 0 Å². The van der Waals surface area contributed by atoms with E-state index in [0.717, 1.165) is 27.6 Å². The standard InChI is InChI=1S/C23H24F3N3OS/c1-14(2)31(22-7-5-4-6-18(22)23(24,25)26)13-28-12-16(31)8-9-20-17-10-15(3)19(27)11-21(17)30-29-20/h4-7,10-14H,8-9,27H2,1-3H3. The molecule has 1 aliphatic rings. The number of benzene rings is 2. The van der Waals surface area contributed by atoms with Crippen molar-refractivity contribution < 1.29 is 17.7 Å². The first kappa shape index (κ1) is 21.5. The maximum atomic E-state index is 13.8. The topological polar surface area (TPSA) is 64.4 Å². The van der Waals surface area contributed by atoms with Crippen LogP contribution in [-0.4, -0.2) is 16.0 Å². The van der Waals surface area contributed by atoms with Crippen LogP contribution in [-0.2, 0) is 12.6 Å². The van der Waals surface area contributed by atoms with Gasteiger partial charge in [-0.3, -0.25) is 4.99 Å². The molecule has 0 spiro atoms. The highest BCUT2D eigenvalue weighted by Crippen LogP contribution is 2.68. The van der Waals surface area contributed by atoms with Gasteiger partial charge in [-0.2, -0.15) is 13.2 Å². The Morgan fingerprint density at radius 3 is 2.58 bits per heavy atom. The number of nitrogens with zero attached hydrogens (tertiary/aromatic N) is 2. The van der Waals surface area contributed by atoms with E-state index in [1.54, 1.807) is 29.9 Å². The quantitative estimate of drug-likeness (QED) is 0.436. The van der Waals surface area contributed by atoms with Gasteiger partial charge in [-0.1, -0.05) is 31.1 Å². The van der Waals surface area contributed by atoms with Gasteiger partial charge < -0.3 is 10.3 Å². The number of aliphatic imine (C=N–C) groups is 1. The Morgan fingerprint density at radius 1 is 1.13 bits per heavy atom.